The summed E-state index contributed by atoms with van der Waals surface area (Å²) < 4.78 is 1.76. The molecule has 0 aromatic carbocycles. The predicted molar refractivity (Wildman–Crippen MR) is 66.7 cm³/mol. The van der Waals surface area contributed by atoms with Crippen LogP contribution < -0.4 is 11.1 Å². The van der Waals surface area contributed by atoms with Crippen LogP contribution in [0, 0.1) is 0 Å². The number of hydrogen-bond acceptors (Lipinski definition) is 4. The number of nitrogens with one attached hydrogen (secondary N) is 1. The van der Waals surface area contributed by atoms with Gasteiger partial charge in [-0.1, -0.05) is 6.07 Å². The van der Waals surface area contributed by atoms with Crippen molar-refractivity contribution in [2.24, 2.45) is 5.73 Å². The summed E-state index contributed by atoms with van der Waals surface area (Å²) >= 11 is 0. The van der Waals surface area contributed by atoms with Crippen molar-refractivity contribution in [2.45, 2.75) is 13.1 Å². The number of aromatic nitrogens is 3. The van der Waals surface area contributed by atoms with Gasteiger partial charge in [-0.05, 0) is 17.7 Å². The highest BCUT2D eigenvalue weighted by Gasteiger charge is 2.05. The lowest BCUT2D eigenvalue weighted by atomic mass is 10.2. The molecule has 0 saturated heterocycles. The Morgan fingerprint density at radius 1 is 1.44 bits per heavy atom. The van der Waals surface area contributed by atoms with Crippen molar-refractivity contribution in [1.82, 2.24) is 20.1 Å². The van der Waals surface area contributed by atoms with Crippen LogP contribution in [0.2, 0.25) is 0 Å². The second-order valence-electron chi connectivity index (χ2n) is 3.78. The van der Waals surface area contributed by atoms with Crippen molar-refractivity contribution in [2.75, 3.05) is 6.54 Å². The Bertz CT molecular complexity index is 492. The predicted octanol–water partition coefficient (Wildman–Crippen LogP) is 0.167. The van der Waals surface area contributed by atoms with E-state index in [-0.39, 0.29) is 5.91 Å². The van der Waals surface area contributed by atoms with E-state index in [2.05, 4.69) is 15.4 Å². The molecule has 0 unspecified atom stereocenters. The quantitative estimate of drug-likeness (QED) is 0.786. The van der Waals surface area contributed by atoms with Gasteiger partial charge in [0.1, 0.15) is 5.69 Å². The minimum absolute atomic E-state index is 0.189. The van der Waals surface area contributed by atoms with Crippen LogP contribution in [0.4, 0.5) is 0 Å². The maximum atomic E-state index is 11.7. The Labute approximate surface area is 105 Å². The molecular formula is C12H15N5O. The molecule has 0 aliphatic carbocycles. The van der Waals surface area contributed by atoms with Gasteiger partial charge in [-0.3, -0.25) is 14.5 Å². The van der Waals surface area contributed by atoms with Crippen LogP contribution in [-0.2, 0) is 13.1 Å². The molecule has 3 N–H and O–H groups in total. The summed E-state index contributed by atoms with van der Waals surface area (Å²) in [7, 11) is 0. The molecule has 6 nitrogen and oxygen atoms in total. The summed E-state index contributed by atoms with van der Waals surface area (Å²) in [5.74, 6) is -0.189. The SMILES string of the molecule is NCc1ccc(C(=O)NCCn2cccn2)nc1. The average Bonchev–Trinajstić information content (AvgIpc) is 2.92. The summed E-state index contributed by atoms with van der Waals surface area (Å²) in [6.07, 6.45) is 5.16. The van der Waals surface area contributed by atoms with Crippen molar-refractivity contribution in [3.63, 3.8) is 0 Å². The van der Waals surface area contributed by atoms with E-state index in [9.17, 15) is 4.79 Å². The Hall–Kier alpha value is -2.21. The maximum absolute atomic E-state index is 11.7. The third kappa shape index (κ3) is 3.14. The monoisotopic (exact) mass is 245 g/mol. The third-order valence-corrected chi connectivity index (χ3v) is 2.48. The zero-order valence-corrected chi connectivity index (χ0v) is 9.91. The first-order chi connectivity index (χ1) is 8.79. The Morgan fingerprint density at radius 2 is 2.33 bits per heavy atom. The fourth-order valence-electron chi connectivity index (χ4n) is 1.49. The molecule has 18 heavy (non-hydrogen) atoms. The molecule has 6 heteroatoms. The van der Waals surface area contributed by atoms with E-state index < -0.39 is 0 Å². The van der Waals surface area contributed by atoms with Gasteiger partial charge in [-0.25, -0.2) is 0 Å². The first-order valence-corrected chi connectivity index (χ1v) is 5.70. The van der Waals surface area contributed by atoms with Crippen LogP contribution in [0.15, 0.2) is 36.8 Å². The van der Waals surface area contributed by atoms with E-state index in [0.717, 1.165) is 5.56 Å². The molecule has 0 aliphatic heterocycles. The van der Waals surface area contributed by atoms with E-state index in [0.29, 0.717) is 25.3 Å². The molecule has 0 bridgehead atoms. The molecule has 2 aromatic heterocycles. The maximum Gasteiger partial charge on any atom is 0.269 e. The smallest absolute Gasteiger partial charge is 0.269 e. The van der Waals surface area contributed by atoms with Gasteiger partial charge >= 0.3 is 0 Å². The van der Waals surface area contributed by atoms with Crippen molar-refractivity contribution in [3.05, 3.63) is 48.0 Å². The molecule has 2 rings (SSSR count). The van der Waals surface area contributed by atoms with Gasteiger partial charge in [0.05, 0.1) is 6.54 Å². The molecule has 2 aromatic rings. The normalized spacial score (nSPS) is 10.3. The minimum atomic E-state index is -0.189. The van der Waals surface area contributed by atoms with Gasteiger partial charge in [-0.15, -0.1) is 0 Å². The van der Waals surface area contributed by atoms with Gasteiger partial charge in [0, 0.05) is 31.7 Å². The van der Waals surface area contributed by atoms with Gasteiger partial charge in [-0.2, -0.15) is 5.10 Å². The molecule has 0 atom stereocenters. The first-order valence-electron chi connectivity index (χ1n) is 5.70. The Kier molecular flexibility index (Phi) is 4.03. The first kappa shape index (κ1) is 12.3. The fraction of sp³-hybridized carbons (Fsp3) is 0.250. The van der Waals surface area contributed by atoms with Crippen molar-refractivity contribution in [3.8, 4) is 0 Å². The molecular weight excluding hydrogens is 230 g/mol. The summed E-state index contributed by atoms with van der Waals surface area (Å²) in [5.41, 5.74) is 6.76. The standard InChI is InChI=1S/C12H15N5O/c13-8-10-2-3-11(15-9-10)12(18)14-5-7-17-6-1-4-16-17/h1-4,6,9H,5,7-8,13H2,(H,14,18). The number of carbonyl (C=O) groups excluding carboxylic acids is 1. The Morgan fingerprint density at radius 3 is 2.94 bits per heavy atom. The van der Waals surface area contributed by atoms with Crippen molar-refractivity contribution < 1.29 is 4.79 Å². The average molecular weight is 245 g/mol. The number of rotatable bonds is 5. The number of carbonyl (C=O) groups is 1. The number of hydrogen-bond donors (Lipinski definition) is 2. The molecule has 0 radical (unpaired) electrons. The van der Waals surface area contributed by atoms with E-state index in [4.69, 9.17) is 5.73 Å². The van der Waals surface area contributed by atoms with Crippen molar-refractivity contribution >= 4 is 5.91 Å². The van der Waals surface area contributed by atoms with Crippen LogP contribution >= 0.6 is 0 Å². The molecule has 1 amide bonds. The molecule has 0 spiro atoms. The van der Waals surface area contributed by atoms with Crippen LogP contribution in [0.5, 0.6) is 0 Å². The summed E-state index contributed by atoms with van der Waals surface area (Å²) in [4.78, 5) is 15.8. The van der Waals surface area contributed by atoms with E-state index >= 15 is 0 Å². The van der Waals surface area contributed by atoms with Gasteiger partial charge in [0.2, 0.25) is 0 Å². The molecule has 2 heterocycles. The van der Waals surface area contributed by atoms with E-state index in [1.807, 2.05) is 12.3 Å². The second-order valence-corrected chi connectivity index (χ2v) is 3.78. The zero-order chi connectivity index (χ0) is 12.8. The van der Waals surface area contributed by atoms with Crippen LogP contribution in [0.3, 0.4) is 0 Å². The van der Waals surface area contributed by atoms with E-state index in [1.54, 1.807) is 29.2 Å². The molecule has 0 fully saturated rings. The Balaban J connectivity index is 1.83. The van der Waals surface area contributed by atoms with Crippen LogP contribution in [0.1, 0.15) is 16.1 Å². The lowest BCUT2D eigenvalue weighted by Crippen LogP contribution is -2.28. The molecule has 0 saturated carbocycles. The molecule has 94 valence electrons. The number of nitrogens with two attached hydrogens (primary N) is 1. The topological polar surface area (TPSA) is 85.8 Å². The van der Waals surface area contributed by atoms with Crippen molar-refractivity contribution in [1.29, 1.82) is 0 Å². The summed E-state index contributed by atoms with van der Waals surface area (Å²) in [6.45, 7) is 1.58. The largest absolute Gasteiger partial charge is 0.349 e. The zero-order valence-electron chi connectivity index (χ0n) is 9.91. The van der Waals surface area contributed by atoms with Gasteiger partial charge in [0.25, 0.3) is 5.91 Å². The number of amides is 1. The number of nitrogens with zero attached hydrogens (tertiary/aromatic N) is 3. The third-order valence-electron chi connectivity index (χ3n) is 2.48. The minimum Gasteiger partial charge on any atom is -0.349 e. The van der Waals surface area contributed by atoms with Gasteiger partial charge in [0.15, 0.2) is 0 Å². The highest BCUT2D eigenvalue weighted by molar-refractivity contribution is 5.92. The second kappa shape index (κ2) is 5.92. The van der Waals surface area contributed by atoms with Crippen LogP contribution in [0.25, 0.3) is 0 Å². The summed E-state index contributed by atoms with van der Waals surface area (Å²) in [6, 6.07) is 5.32. The molecule has 0 aliphatic rings. The van der Waals surface area contributed by atoms with Gasteiger partial charge < -0.3 is 11.1 Å². The summed E-state index contributed by atoms with van der Waals surface area (Å²) in [5, 5.41) is 6.83. The fourth-order valence-corrected chi connectivity index (χ4v) is 1.49. The lowest BCUT2D eigenvalue weighted by Gasteiger charge is -2.05. The highest BCUT2D eigenvalue weighted by atomic mass is 16.1. The lowest BCUT2D eigenvalue weighted by molar-refractivity contribution is 0.0947. The highest BCUT2D eigenvalue weighted by Crippen LogP contribution is 1.99. The van der Waals surface area contributed by atoms with E-state index in [1.165, 1.54) is 0 Å². The number of pyridine rings is 1. The van der Waals surface area contributed by atoms with Crippen LogP contribution in [-0.4, -0.2) is 27.2 Å².